The lowest BCUT2D eigenvalue weighted by molar-refractivity contribution is -0.385. The highest BCUT2D eigenvalue weighted by molar-refractivity contribution is 9.10. The Balaban J connectivity index is 1.64. The summed E-state index contributed by atoms with van der Waals surface area (Å²) in [5.41, 5.74) is 1.73. The molecule has 0 bridgehead atoms. The Hall–Kier alpha value is -4.29. The minimum atomic E-state index is -0.501. The van der Waals surface area contributed by atoms with E-state index < -0.39 is 15.8 Å². The number of hydrogen-bond donors (Lipinski definition) is 0. The highest BCUT2D eigenvalue weighted by Crippen LogP contribution is 2.31. The molecule has 1 aromatic heterocycles. The van der Waals surface area contributed by atoms with Gasteiger partial charge in [-0.15, -0.1) is 0 Å². The molecular weight excluding hydrogens is 538 g/mol. The van der Waals surface area contributed by atoms with Crippen LogP contribution >= 0.6 is 27.3 Å². The van der Waals surface area contributed by atoms with Gasteiger partial charge in [-0.05, 0) is 59.7 Å². The van der Waals surface area contributed by atoms with Crippen LogP contribution in [0, 0.1) is 20.2 Å². The summed E-state index contributed by atoms with van der Waals surface area (Å²) in [6, 6.07) is 17.0. The molecule has 0 aliphatic heterocycles. The fourth-order valence-electron chi connectivity index (χ4n) is 2.93. The first-order chi connectivity index (χ1) is 16.8. The minimum Gasteiger partial charge on any atom is -0.267 e. The van der Waals surface area contributed by atoms with Crippen LogP contribution in [0.25, 0.3) is 16.3 Å². The van der Waals surface area contributed by atoms with E-state index in [1.54, 1.807) is 0 Å². The fraction of sp³-hybridized carbons (Fsp3) is 0. The maximum absolute atomic E-state index is 13.1. The average Bonchev–Trinajstić information content (AvgIpc) is 3.26. The van der Waals surface area contributed by atoms with E-state index in [1.165, 1.54) is 78.2 Å². The van der Waals surface area contributed by atoms with Crippen molar-refractivity contribution in [3.05, 3.63) is 109 Å². The third-order valence-electron chi connectivity index (χ3n) is 4.68. The Morgan fingerprint density at radius 1 is 0.943 bits per heavy atom. The van der Waals surface area contributed by atoms with Gasteiger partial charge in [0.05, 0.1) is 26.3 Å². The molecule has 0 fully saturated rings. The van der Waals surface area contributed by atoms with Gasteiger partial charge in [-0.2, -0.15) is 10.1 Å². The molecule has 4 rings (SSSR count). The van der Waals surface area contributed by atoms with E-state index in [-0.39, 0.29) is 11.4 Å². The predicted octanol–water partition coefficient (Wildman–Crippen LogP) is 5.96. The highest BCUT2D eigenvalue weighted by atomic mass is 79.9. The standard InChI is InChI=1S/C23H14BrN5O5S/c24-17-6-11-20-21(13-17)35-23(26-20)27(25-14-16-3-9-19(10-4-16)29(33)34)22(30)12-5-15-1-7-18(8-2-15)28(31)32/h1-14H/b12-5+,25-14+. The smallest absolute Gasteiger partial charge is 0.267 e. The number of hydrazone groups is 1. The van der Waals surface area contributed by atoms with Crippen molar-refractivity contribution in [2.24, 2.45) is 5.10 Å². The van der Waals surface area contributed by atoms with Crippen LogP contribution in [0.1, 0.15) is 11.1 Å². The first-order valence-electron chi connectivity index (χ1n) is 9.91. The van der Waals surface area contributed by atoms with Gasteiger partial charge in [0.15, 0.2) is 0 Å². The number of anilines is 1. The van der Waals surface area contributed by atoms with E-state index in [9.17, 15) is 25.0 Å². The van der Waals surface area contributed by atoms with Crippen molar-refractivity contribution in [1.82, 2.24) is 4.98 Å². The van der Waals surface area contributed by atoms with Crippen molar-refractivity contribution in [3.63, 3.8) is 0 Å². The summed E-state index contributed by atoms with van der Waals surface area (Å²) in [5, 5.41) is 27.4. The number of benzene rings is 3. The van der Waals surface area contributed by atoms with Crippen LogP contribution in [0.3, 0.4) is 0 Å². The summed E-state index contributed by atoms with van der Waals surface area (Å²) in [5.74, 6) is -0.500. The van der Waals surface area contributed by atoms with Crippen LogP contribution in [-0.2, 0) is 4.79 Å². The molecule has 10 nitrogen and oxygen atoms in total. The number of thiazole rings is 1. The van der Waals surface area contributed by atoms with Crippen molar-refractivity contribution in [2.45, 2.75) is 0 Å². The Morgan fingerprint density at radius 3 is 2.14 bits per heavy atom. The molecule has 3 aromatic carbocycles. The number of carbonyl (C=O) groups is 1. The number of carbonyl (C=O) groups excluding carboxylic acids is 1. The van der Waals surface area contributed by atoms with Crippen molar-refractivity contribution < 1.29 is 14.6 Å². The number of amides is 1. The second-order valence-corrected chi connectivity index (χ2v) is 8.96. The van der Waals surface area contributed by atoms with Crippen molar-refractivity contribution >= 4 is 72.2 Å². The number of fused-ring (bicyclic) bond motifs is 1. The Kier molecular flexibility index (Phi) is 7.03. The molecule has 0 radical (unpaired) electrons. The maximum Gasteiger partial charge on any atom is 0.273 e. The van der Waals surface area contributed by atoms with E-state index in [0.29, 0.717) is 21.8 Å². The molecule has 1 amide bonds. The highest BCUT2D eigenvalue weighted by Gasteiger charge is 2.17. The van der Waals surface area contributed by atoms with Crippen LogP contribution in [-0.4, -0.2) is 27.0 Å². The first-order valence-corrected chi connectivity index (χ1v) is 11.5. The topological polar surface area (TPSA) is 132 Å². The molecule has 0 saturated carbocycles. The molecule has 0 unspecified atom stereocenters. The quantitative estimate of drug-likeness (QED) is 0.120. The van der Waals surface area contributed by atoms with Gasteiger partial charge in [0.1, 0.15) is 0 Å². The lowest BCUT2D eigenvalue weighted by atomic mass is 10.2. The zero-order chi connectivity index (χ0) is 24.9. The molecule has 0 spiro atoms. The molecule has 174 valence electrons. The SMILES string of the molecule is O=C(/C=C/c1ccc([N+](=O)[O-])cc1)N(/N=C/c1ccc([N+](=O)[O-])cc1)c1nc2ccc(Br)cc2s1. The first kappa shape index (κ1) is 23.9. The van der Waals surface area contributed by atoms with Gasteiger partial charge in [0, 0.05) is 34.8 Å². The van der Waals surface area contributed by atoms with Crippen LogP contribution in [0.2, 0.25) is 0 Å². The summed E-state index contributed by atoms with van der Waals surface area (Å²) in [6.07, 6.45) is 4.21. The van der Waals surface area contributed by atoms with Gasteiger partial charge in [-0.3, -0.25) is 25.0 Å². The molecule has 0 atom stereocenters. The zero-order valence-corrected chi connectivity index (χ0v) is 20.0. The molecule has 35 heavy (non-hydrogen) atoms. The van der Waals surface area contributed by atoms with Gasteiger partial charge < -0.3 is 0 Å². The molecule has 4 aromatic rings. The summed E-state index contributed by atoms with van der Waals surface area (Å²) in [4.78, 5) is 38.3. The van der Waals surface area contributed by atoms with Gasteiger partial charge in [0.25, 0.3) is 17.3 Å². The zero-order valence-electron chi connectivity index (χ0n) is 17.6. The van der Waals surface area contributed by atoms with Gasteiger partial charge in [0.2, 0.25) is 5.13 Å². The van der Waals surface area contributed by atoms with E-state index in [4.69, 9.17) is 0 Å². The van der Waals surface area contributed by atoms with E-state index in [0.717, 1.165) is 14.2 Å². The fourth-order valence-corrected chi connectivity index (χ4v) is 4.41. The summed E-state index contributed by atoms with van der Waals surface area (Å²) in [7, 11) is 0. The third-order valence-corrected chi connectivity index (χ3v) is 6.16. The number of non-ortho nitro benzene ring substituents is 2. The summed E-state index contributed by atoms with van der Waals surface area (Å²) >= 11 is 4.69. The lowest BCUT2D eigenvalue weighted by Crippen LogP contribution is -2.23. The van der Waals surface area contributed by atoms with Crippen LogP contribution in [0.15, 0.2) is 82.4 Å². The largest absolute Gasteiger partial charge is 0.273 e. The van der Waals surface area contributed by atoms with Crippen LogP contribution in [0.5, 0.6) is 0 Å². The van der Waals surface area contributed by atoms with E-state index >= 15 is 0 Å². The number of aromatic nitrogens is 1. The average molecular weight is 552 g/mol. The van der Waals surface area contributed by atoms with E-state index in [2.05, 4.69) is 26.0 Å². The normalized spacial score (nSPS) is 11.3. The number of nitro groups is 2. The van der Waals surface area contributed by atoms with Crippen molar-refractivity contribution in [1.29, 1.82) is 0 Å². The lowest BCUT2D eigenvalue weighted by Gasteiger charge is -2.11. The molecule has 1 heterocycles. The second kappa shape index (κ2) is 10.3. The summed E-state index contributed by atoms with van der Waals surface area (Å²) < 4.78 is 1.71. The van der Waals surface area contributed by atoms with Crippen LogP contribution in [0.4, 0.5) is 16.5 Å². The maximum atomic E-state index is 13.1. The Bertz CT molecular complexity index is 1480. The van der Waals surface area contributed by atoms with Crippen molar-refractivity contribution in [2.75, 3.05) is 5.01 Å². The number of nitro benzene ring substituents is 2. The van der Waals surface area contributed by atoms with E-state index in [1.807, 2.05) is 18.2 Å². The number of halogens is 1. The second-order valence-electron chi connectivity index (χ2n) is 7.03. The monoisotopic (exact) mass is 551 g/mol. The van der Waals surface area contributed by atoms with Gasteiger partial charge >= 0.3 is 0 Å². The number of rotatable bonds is 7. The molecular formula is C23H14BrN5O5S. The minimum absolute atomic E-state index is 0.0524. The Labute approximate surface area is 210 Å². The Morgan fingerprint density at radius 2 is 1.54 bits per heavy atom. The number of nitrogens with zero attached hydrogens (tertiary/aromatic N) is 5. The molecule has 12 heteroatoms. The molecule has 0 aliphatic rings. The third kappa shape index (κ3) is 5.80. The van der Waals surface area contributed by atoms with Crippen molar-refractivity contribution in [3.8, 4) is 0 Å². The predicted molar refractivity (Wildman–Crippen MR) is 138 cm³/mol. The number of hydrogen-bond acceptors (Lipinski definition) is 8. The molecule has 0 saturated heterocycles. The summed E-state index contributed by atoms with van der Waals surface area (Å²) in [6.45, 7) is 0. The molecule has 0 N–H and O–H groups in total. The van der Waals surface area contributed by atoms with Crippen LogP contribution < -0.4 is 5.01 Å². The molecule has 0 aliphatic carbocycles. The van der Waals surface area contributed by atoms with Gasteiger partial charge in [-0.25, -0.2) is 4.98 Å². The van der Waals surface area contributed by atoms with Gasteiger partial charge in [-0.1, -0.05) is 27.3 Å².